The fourth-order valence-electron chi connectivity index (χ4n) is 8.62. The Balaban J connectivity index is 1.29. The van der Waals surface area contributed by atoms with E-state index in [4.69, 9.17) is 4.74 Å². The number of nitrogens with zero attached hydrogens (tertiary/aromatic N) is 3. The van der Waals surface area contributed by atoms with Gasteiger partial charge in [-0.2, -0.15) is 0 Å². The van der Waals surface area contributed by atoms with Crippen LogP contribution in [0.15, 0.2) is 194 Å². The van der Waals surface area contributed by atoms with Crippen LogP contribution in [-0.2, 0) is 0 Å². The summed E-state index contributed by atoms with van der Waals surface area (Å²) in [6, 6.07) is 69.4. The molecule has 3 heterocycles. The van der Waals surface area contributed by atoms with Gasteiger partial charge in [-0.25, -0.2) is 0 Å². The van der Waals surface area contributed by atoms with Crippen LogP contribution in [0.1, 0.15) is 0 Å². The monoisotopic (exact) mass is 677 g/mol. The number of ether oxygens (including phenoxy) is 1. The smallest absolute Gasteiger partial charge is 0.256 e. The minimum atomic E-state index is 0.00922. The Morgan fingerprint density at radius 3 is 1.74 bits per heavy atom. The molecule has 11 rings (SSSR count). The Kier molecular flexibility index (Phi) is 6.61. The maximum Gasteiger partial charge on any atom is 0.256 e. The van der Waals surface area contributed by atoms with Gasteiger partial charge in [-0.15, -0.1) is 0 Å². The number of anilines is 6. The number of fused-ring (bicyclic) bond motifs is 8. The fraction of sp³-hybridized carbons (Fsp3) is 0. The molecule has 0 radical (unpaired) electrons. The zero-order valence-corrected chi connectivity index (χ0v) is 28.8. The molecule has 0 atom stereocenters. The van der Waals surface area contributed by atoms with Crippen molar-refractivity contribution in [2.24, 2.45) is 0 Å². The second-order valence-electron chi connectivity index (χ2n) is 13.7. The molecule has 0 saturated carbocycles. The maximum absolute atomic E-state index is 6.93. The topological polar surface area (TPSA) is 20.6 Å². The summed E-state index contributed by atoms with van der Waals surface area (Å²) in [5, 5.41) is 2.31. The van der Waals surface area contributed by atoms with E-state index in [1.165, 1.54) is 27.5 Å². The van der Waals surface area contributed by atoms with E-state index in [9.17, 15) is 0 Å². The van der Waals surface area contributed by atoms with Crippen molar-refractivity contribution in [1.82, 2.24) is 4.57 Å². The highest BCUT2D eigenvalue weighted by molar-refractivity contribution is 6.99. The van der Waals surface area contributed by atoms with Gasteiger partial charge in [0.05, 0.1) is 16.7 Å². The van der Waals surface area contributed by atoms with Crippen LogP contribution < -0.4 is 30.9 Å². The molecule has 0 bridgehead atoms. The molecule has 5 heteroatoms. The largest absolute Gasteiger partial charge is 0.458 e. The summed E-state index contributed by atoms with van der Waals surface area (Å²) in [6.07, 6.45) is 0. The first-order valence-corrected chi connectivity index (χ1v) is 18.1. The zero-order valence-electron chi connectivity index (χ0n) is 28.8. The molecule has 4 nitrogen and oxygen atoms in total. The Labute approximate surface area is 308 Å². The summed E-state index contributed by atoms with van der Waals surface area (Å²) in [5.74, 6) is 1.81. The molecule has 8 aromatic carbocycles. The molecule has 2 aliphatic rings. The maximum atomic E-state index is 6.93. The van der Waals surface area contributed by atoms with E-state index in [0.29, 0.717) is 0 Å². The Hall–Kier alpha value is -6.98. The van der Waals surface area contributed by atoms with Gasteiger partial charge in [-0.05, 0) is 95.3 Å². The molecule has 0 aliphatic carbocycles. The van der Waals surface area contributed by atoms with Gasteiger partial charge in [0, 0.05) is 44.9 Å². The summed E-state index contributed by atoms with van der Waals surface area (Å²) in [4.78, 5) is 4.80. The number of rotatable bonds is 5. The van der Waals surface area contributed by atoms with Crippen LogP contribution in [0.5, 0.6) is 11.5 Å². The second kappa shape index (κ2) is 11.8. The van der Waals surface area contributed by atoms with Crippen LogP contribution in [0.25, 0.3) is 27.5 Å². The van der Waals surface area contributed by atoms with E-state index < -0.39 is 0 Å². The van der Waals surface area contributed by atoms with Gasteiger partial charge in [-0.3, -0.25) is 0 Å². The van der Waals surface area contributed by atoms with Gasteiger partial charge >= 0.3 is 0 Å². The van der Waals surface area contributed by atoms with Crippen LogP contribution in [0.2, 0.25) is 0 Å². The first-order valence-electron chi connectivity index (χ1n) is 18.1. The lowest BCUT2D eigenvalue weighted by atomic mass is 9.34. The summed E-state index contributed by atoms with van der Waals surface area (Å²) in [5.41, 5.74) is 13.7. The summed E-state index contributed by atoms with van der Waals surface area (Å²) >= 11 is 0. The normalized spacial score (nSPS) is 12.6. The van der Waals surface area contributed by atoms with Crippen molar-refractivity contribution in [3.05, 3.63) is 194 Å². The van der Waals surface area contributed by atoms with Crippen LogP contribution in [0.3, 0.4) is 0 Å². The molecule has 0 fully saturated rings. The highest BCUT2D eigenvalue weighted by Gasteiger charge is 2.43. The lowest BCUT2D eigenvalue weighted by molar-refractivity contribution is 0.488. The van der Waals surface area contributed by atoms with Gasteiger partial charge in [-0.1, -0.05) is 115 Å². The Morgan fingerprint density at radius 2 is 1.04 bits per heavy atom. The van der Waals surface area contributed by atoms with Crippen LogP contribution in [0.4, 0.5) is 34.1 Å². The molecule has 0 unspecified atom stereocenters. The highest BCUT2D eigenvalue weighted by Crippen LogP contribution is 2.48. The summed E-state index contributed by atoms with van der Waals surface area (Å²) in [7, 11) is 0. The molecular formula is C48H32BN3O. The van der Waals surface area contributed by atoms with Crippen LogP contribution >= 0.6 is 0 Å². The van der Waals surface area contributed by atoms with Crippen molar-refractivity contribution < 1.29 is 4.74 Å². The lowest BCUT2D eigenvalue weighted by Crippen LogP contribution is -2.59. The van der Waals surface area contributed by atoms with Gasteiger partial charge in [0.1, 0.15) is 11.5 Å². The average molecular weight is 678 g/mol. The minimum Gasteiger partial charge on any atom is -0.458 e. The summed E-state index contributed by atoms with van der Waals surface area (Å²) < 4.78 is 9.40. The molecule has 248 valence electrons. The SMILES string of the molecule is c1ccc(N(c2ccccc2)c2ccc3c4cc5c6c(c4n(-c4ccccc4)c3c2)N(c2ccccc2)c2ccccc2B6c2ccccc2O5)cc1. The van der Waals surface area contributed by atoms with Crippen LogP contribution in [-0.4, -0.2) is 11.3 Å². The van der Waals surface area contributed by atoms with Crippen molar-refractivity contribution in [3.8, 4) is 17.2 Å². The molecule has 0 spiro atoms. The minimum absolute atomic E-state index is 0.00922. The first kappa shape index (κ1) is 29.7. The average Bonchev–Trinajstić information content (AvgIpc) is 3.55. The Bertz CT molecular complexity index is 2780. The molecule has 0 N–H and O–H groups in total. The zero-order chi connectivity index (χ0) is 34.9. The van der Waals surface area contributed by atoms with E-state index >= 15 is 0 Å². The fourth-order valence-corrected chi connectivity index (χ4v) is 8.62. The highest BCUT2D eigenvalue weighted by atomic mass is 16.5. The van der Waals surface area contributed by atoms with E-state index in [1.807, 2.05) is 0 Å². The molecule has 2 aliphatic heterocycles. The third-order valence-corrected chi connectivity index (χ3v) is 10.8. The van der Waals surface area contributed by atoms with E-state index in [-0.39, 0.29) is 6.71 Å². The van der Waals surface area contributed by atoms with Gasteiger partial charge < -0.3 is 19.1 Å². The third kappa shape index (κ3) is 4.50. The Morgan fingerprint density at radius 1 is 0.453 bits per heavy atom. The van der Waals surface area contributed by atoms with Crippen molar-refractivity contribution in [3.63, 3.8) is 0 Å². The summed E-state index contributed by atoms with van der Waals surface area (Å²) in [6.45, 7) is 0.00922. The molecular weight excluding hydrogens is 645 g/mol. The molecule has 9 aromatic rings. The standard InChI is InChI=1S/C48H32BN3O/c1-5-17-33(18-6-1)50(34-19-7-2-8-20-34)37-29-30-38-39-32-45-46-48(47(39)52(43(38)31-37)36-23-11-4-12-24-36)51(35-21-9-3-10-22-35)42-27-15-13-25-40(42)49(46)41-26-14-16-28-44(41)53-45/h1-32H. The van der Waals surface area contributed by atoms with E-state index in [2.05, 4.69) is 208 Å². The second-order valence-corrected chi connectivity index (χ2v) is 13.7. The van der Waals surface area contributed by atoms with E-state index in [0.717, 1.165) is 62.0 Å². The van der Waals surface area contributed by atoms with Gasteiger partial charge in [0.25, 0.3) is 6.71 Å². The van der Waals surface area contributed by atoms with Crippen LogP contribution in [0, 0.1) is 0 Å². The molecule has 0 amide bonds. The third-order valence-electron chi connectivity index (χ3n) is 10.8. The number of para-hydroxylation sites is 6. The van der Waals surface area contributed by atoms with Crippen molar-refractivity contribution in [2.45, 2.75) is 0 Å². The lowest BCUT2D eigenvalue weighted by Gasteiger charge is -2.40. The number of aromatic nitrogens is 1. The molecule has 0 saturated heterocycles. The number of benzene rings is 8. The quantitative estimate of drug-likeness (QED) is 0.169. The molecule has 1 aromatic heterocycles. The van der Waals surface area contributed by atoms with Gasteiger partial charge in [0.2, 0.25) is 0 Å². The molecule has 53 heavy (non-hydrogen) atoms. The predicted octanol–water partition coefficient (Wildman–Crippen LogP) is 10.7. The first-order chi connectivity index (χ1) is 26.3. The van der Waals surface area contributed by atoms with Crippen molar-refractivity contribution in [1.29, 1.82) is 0 Å². The van der Waals surface area contributed by atoms with Crippen molar-refractivity contribution >= 4 is 79.0 Å². The van der Waals surface area contributed by atoms with Gasteiger partial charge in [0.15, 0.2) is 0 Å². The number of hydrogen-bond donors (Lipinski definition) is 0. The number of hydrogen-bond acceptors (Lipinski definition) is 3. The van der Waals surface area contributed by atoms with Crippen molar-refractivity contribution in [2.75, 3.05) is 9.80 Å². The van der Waals surface area contributed by atoms with E-state index in [1.54, 1.807) is 0 Å². The predicted molar refractivity (Wildman–Crippen MR) is 221 cm³/mol.